The molecule has 2 atom stereocenters. The van der Waals surface area contributed by atoms with Gasteiger partial charge in [0, 0.05) is 68.2 Å². The zero-order chi connectivity index (χ0) is 48.6. The van der Waals surface area contributed by atoms with Gasteiger partial charge >= 0.3 is 23.3 Å². The first-order valence-electron chi connectivity index (χ1n) is 19.9. The van der Waals surface area contributed by atoms with Crippen LogP contribution in [-0.4, -0.2) is 65.6 Å². The van der Waals surface area contributed by atoms with E-state index in [4.69, 9.17) is 45.8 Å². The van der Waals surface area contributed by atoms with Crippen LogP contribution in [0.4, 0.5) is 14.5 Å². The molecule has 0 aliphatic heterocycles. The van der Waals surface area contributed by atoms with Crippen LogP contribution < -0.4 is 47.2 Å². The average Bonchev–Trinajstić information content (AvgIpc) is 3.26. The SMILES string of the molecule is CCOC(=O)C(C)Oc1ncccc1Oc1cc(-n2c(=O)cc(C)n(C)c2=O)c(F)cc1Cl.CCOC(=O)C(C)Oc1ncccc1Oc1cc(-n2c(=O)cc(C)n(C)c2=O)c(F)cc1N. The zero-order valence-electron chi connectivity index (χ0n) is 36.8. The Hall–Kier alpha value is -7.81. The summed E-state index contributed by atoms with van der Waals surface area (Å²) in [6, 6.07) is 12.6. The molecule has 0 aliphatic carbocycles. The van der Waals surface area contributed by atoms with Crippen LogP contribution in [0.5, 0.6) is 34.8 Å². The summed E-state index contributed by atoms with van der Waals surface area (Å²) in [5.74, 6) is -3.02. The van der Waals surface area contributed by atoms with Gasteiger partial charge in [0.1, 0.15) is 17.4 Å². The van der Waals surface area contributed by atoms with Crippen LogP contribution in [0, 0.1) is 25.5 Å². The van der Waals surface area contributed by atoms with Gasteiger partial charge in [-0.05, 0) is 71.9 Å². The van der Waals surface area contributed by atoms with Gasteiger partial charge < -0.3 is 43.3 Å². The number of nitrogens with zero attached hydrogens (tertiary/aromatic N) is 6. The van der Waals surface area contributed by atoms with Gasteiger partial charge in [0.15, 0.2) is 29.5 Å². The number of benzene rings is 2. The summed E-state index contributed by atoms with van der Waals surface area (Å²) in [5.41, 5.74) is 3.09. The smallest absolute Gasteiger partial charge is 0.347 e. The number of nitrogen functional groups attached to an aromatic ring is 1. The van der Waals surface area contributed by atoms with E-state index in [9.17, 15) is 37.5 Å². The number of aryl methyl sites for hydroxylation is 2. The summed E-state index contributed by atoms with van der Waals surface area (Å²) in [7, 11) is 2.92. The molecule has 0 amide bonds. The monoisotopic (exact) mass is 935 g/mol. The first-order chi connectivity index (χ1) is 31.3. The molecule has 22 heteroatoms. The molecule has 19 nitrogen and oxygen atoms in total. The fourth-order valence-corrected chi connectivity index (χ4v) is 5.96. The summed E-state index contributed by atoms with van der Waals surface area (Å²) in [6.07, 6.45) is 0.899. The van der Waals surface area contributed by atoms with E-state index in [2.05, 4.69) is 9.97 Å². The molecule has 2 N–H and O–H groups in total. The Kier molecular flexibility index (Phi) is 15.8. The van der Waals surface area contributed by atoms with Crippen molar-refractivity contribution in [3.63, 3.8) is 0 Å². The van der Waals surface area contributed by atoms with Crippen LogP contribution in [0.1, 0.15) is 39.1 Å². The van der Waals surface area contributed by atoms with Crippen LogP contribution in [0.2, 0.25) is 5.02 Å². The molecule has 6 rings (SSSR count). The maximum atomic E-state index is 14.7. The van der Waals surface area contributed by atoms with E-state index in [1.165, 1.54) is 73.7 Å². The predicted octanol–water partition coefficient (Wildman–Crippen LogP) is 5.24. The molecule has 348 valence electrons. The summed E-state index contributed by atoms with van der Waals surface area (Å²) < 4.78 is 65.7. The Morgan fingerprint density at radius 3 is 1.52 bits per heavy atom. The molecule has 0 fully saturated rings. The molecule has 4 aromatic heterocycles. The molecule has 2 unspecified atom stereocenters. The third-order valence-electron chi connectivity index (χ3n) is 9.41. The molecule has 6 aromatic rings. The fourth-order valence-electron chi connectivity index (χ4n) is 5.77. The van der Waals surface area contributed by atoms with Gasteiger partial charge in [0.05, 0.1) is 35.3 Å². The van der Waals surface area contributed by atoms with Gasteiger partial charge in [-0.2, -0.15) is 0 Å². The molecule has 0 saturated heterocycles. The van der Waals surface area contributed by atoms with Gasteiger partial charge in [-0.3, -0.25) is 9.59 Å². The first kappa shape index (κ1) is 49.2. The summed E-state index contributed by atoms with van der Waals surface area (Å²) in [4.78, 5) is 82.0. The largest absolute Gasteiger partial charge is 0.463 e. The molecule has 0 saturated carbocycles. The topological polar surface area (TPSA) is 229 Å². The number of halogens is 3. The second-order valence-corrected chi connectivity index (χ2v) is 14.4. The number of hydrogen-bond donors (Lipinski definition) is 1. The lowest BCUT2D eigenvalue weighted by Crippen LogP contribution is -2.38. The third-order valence-corrected chi connectivity index (χ3v) is 9.70. The van der Waals surface area contributed by atoms with Crippen molar-refractivity contribution in [3.05, 3.63) is 143 Å². The summed E-state index contributed by atoms with van der Waals surface area (Å²) >= 11 is 6.15. The highest BCUT2D eigenvalue weighted by molar-refractivity contribution is 6.32. The number of hydrogen-bond acceptors (Lipinski definition) is 15. The van der Waals surface area contributed by atoms with E-state index < -0.39 is 58.3 Å². The number of pyridine rings is 2. The van der Waals surface area contributed by atoms with Crippen LogP contribution in [0.15, 0.2) is 92.2 Å². The molecule has 0 radical (unpaired) electrons. The summed E-state index contributed by atoms with van der Waals surface area (Å²) in [5, 5.41) is -0.124. The second-order valence-electron chi connectivity index (χ2n) is 14.0. The van der Waals surface area contributed by atoms with E-state index in [1.54, 1.807) is 39.8 Å². The molecule has 0 aliphatic rings. The quantitative estimate of drug-likeness (QED) is 0.109. The van der Waals surface area contributed by atoms with Crippen molar-refractivity contribution in [3.8, 4) is 46.1 Å². The highest BCUT2D eigenvalue weighted by Gasteiger charge is 2.23. The van der Waals surface area contributed by atoms with Gasteiger partial charge in [0.25, 0.3) is 22.9 Å². The van der Waals surface area contributed by atoms with Crippen molar-refractivity contribution in [2.24, 2.45) is 14.1 Å². The van der Waals surface area contributed by atoms with E-state index in [0.717, 1.165) is 24.3 Å². The minimum atomic E-state index is -0.976. The van der Waals surface area contributed by atoms with Gasteiger partial charge in [-0.25, -0.2) is 47.1 Å². The highest BCUT2D eigenvalue weighted by Crippen LogP contribution is 2.37. The van der Waals surface area contributed by atoms with Crippen molar-refractivity contribution < 1.29 is 46.8 Å². The molecule has 0 bridgehead atoms. The van der Waals surface area contributed by atoms with E-state index >= 15 is 0 Å². The average molecular weight is 936 g/mol. The lowest BCUT2D eigenvalue weighted by atomic mass is 10.2. The standard InChI is InChI=1S/C22H21ClFN3O6.C22H23FN4O6/c1-5-31-21(29)13(3)32-20-17(7-6-8-25-20)33-18-11-16(15(24)10-14(18)23)27-19(28)9-12(2)26(4)22(27)30;1-5-31-21(29)13(3)32-20-17(7-6-8-25-20)33-18-11-16(14(23)10-15(18)24)27-19(28)9-12(2)26(4)22(27)30/h6-11,13H,5H2,1-4H3;6-11,13H,5,24H2,1-4H3. The highest BCUT2D eigenvalue weighted by atomic mass is 35.5. The minimum absolute atomic E-state index is 0.0354. The van der Waals surface area contributed by atoms with Crippen LogP contribution in [0.3, 0.4) is 0 Å². The van der Waals surface area contributed by atoms with Gasteiger partial charge in [-0.1, -0.05) is 11.6 Å². The van der Waals surface area contributed by atoms with E-state index in [-0.39, 0.29) is 70.1 Å². The molecular weight excluding hydrogens is 892 g/mol. The minimum Gasteiger partial charge on any atom is -0.463 e. The number of esters is 2. The van der Waals surface area contributed by atoms with Crippen LogP contribution in [0.25, 0.3) is 11.4 Å². The number of anilines is 1. The number of carbonyl (C=O) groups excluding carboxylic acids is 2. The first-order valence-corrected chi connectivity index (χ1v) is 20.3. The third kappa shape index (κ3) is 11.1. The Bertz CT molecular complexity index is 2840. The Balaban J connectivity index is 0.000000247. The Labute approximate surface area is 379 Å². The molecule has 0 spiro atoms. The van der Waals surface area contributed by atoms with Crippen molar-refractivity contribution in [1.82, 2.24) is 28.2 Å². The lowest BCUT2D eigenvalue weighted by Gasteiger charge is -2.17. The molecule has 2 aromatic carbocycles. The number of nitrogens with two attached hydrogens (primary N) is 1. The molecule has 4 heterocycles. The predicted molar refractivity (Wildman–Crippen MR) is 235 cm³/mol. The number of carbonyl (C=O) groups is 2. The van der Waals surface area contributed by atoms with E-state index in [1.807, 2.05) is 0 Å². The number of aromatic nitrogens is 6. The zero-order valence-corrected chi connectivity index (χ0v) is 37.5. The Morgan fingerprint density at radius 1 is 0.667 bits per heavy atom. The Morgan fingerprint density at radius 2 is 1.08 bits per heavy atom. The molecule has 66 heavy (non-hydrogen) atoms. The molecular formula is C44H44ClF2N7O12. The maximum Gasteiger partial charge on any atom is 0.347 e. The van der Waals surface area contributed by atoms with Gasteiger partial charge in [0.2, 0.25) is 0 Å². The lowest BCUT2D eigenvalue weighted by molar-refractivity contribution is -0.151. The normalized spacial score (nSPS) is 11.7. The maximum absolute atomic E-state index is 14.7. The van der Waals surface area contributed by atoms with Crippen LogP contribution in [-0.2, 0) is 33.2 Å². The van der Waals surface area contributed by atoms with Crippen molar-refractivity contribution >= 4 is 29.2 Å². The fraction of sp³-hybridized carbons (Fsp3) is 0.273. The van der Waals surface area contributed by atoms with E-state index in [0.29, 0.717) is 20.5 Å². The number of rotatable bonds is 14. The van der Waals surface area contributed by atoms with Crippen molar-refractivity contribution in [1.29, 1.82) is 0 Å². The van der Waals surface area contributed by atoms with Crippen molar-refractivity contribution in [2.45, 2.75) is 53.8 Å². The van der Waals surface area contributed by atoms with Crippen molar-refractivity contribution in [2.75, 3.05) is 18.9 Å². The van der Waals surface area contributed by atoms with Crippen LogP contribution >= 0.6 is 11.6 Å². The second kappa shape index (κ2) is 21.2. The summed E-state index contributed by atoms with van der Waals surface area (Å²) in [6.45, 7) is 9.85. The van der Waals surface area contributed by atoms with Gasteiger partial charge in [-0.15, -0.1) is 0 Å². The number of ether oxygens (including phenoxy) is 6.